The van der Waals surface area contributed by atoms with Crippen molar-refractivity contribution in [1.82, 2.24) is 0 Å². The van der Waals surface area contributed by atoms with Gasteiger partial charge >= 0.3 is 0 Å². The molecule has 0 aromatic heterocycles. The molecule has 1 rings (SSSR count). The van der Waals surface area contributed by atoms with Crippen LogP contribution in [-0.2, 0) is 16.0 Å². The van der Waals surface area contributed by atoms with Crippen LogP contribution in [0.5, 0.6) is 0 Å². The number of carbonyl (C=O) groups excluding carboxylic acids is 2. The predicted octanol–water partition coefficient (Wildman–Crippen LogP) is 3.17. The molecule has 0 spiro atoms. The van der Waals surface area contributed by atoms with Crippen molar-refractivity contribution in [1.29, 1.82) is 0 Å². The molecule has 4 heteroatoms. The van der Waals surface area contributed by atoms with Gasteiger partial charge in [0, 0.05) is 5.69 Å². The van der Waals surface area contributed by atoms with Crippen molar-refractivity contribution in [3.05, 3.63) is 29.8 Å². The first-order valence-electron chi connectivity index (χ1n) is 6.12. The molecule has 0 atom stereocenters. The number of rotatable bonds is 7. The molecular weight excluding hydrogens is 250 g/mol. The highest BCUT2D eigenvalue weighted by Crippen LogP contribution is 2.12. The summed E-state index contributed by atoms with van der Waals surface area (Å²) in [5.41, 5.74) is 1.97. The summed E-state index contributed by atoms with van der Waals surface area (Å²) in [6, 6.07) is 7.70. The lowest BCUT2D eigenvalue weighted by atomic mass is 10.1. The number of benzene rings is 1. The van der Waals surface area contributed by atoms with Gasteiger partial charge in [-0.2, -0.15) is 0 Å². The van der Waals surface area contributed by atoms with E-state index < -0.39 is 0 Å². The second-order valence-corrected chi connectivity index (χ2v) is 4.46. The van der Waals surface area contributed by atoms with E-state index in [1.807, 2.05) is 24.3 Å². The number of carbonyl (C=O) groups is 2. The summed E-state index contributed by atoms with van der Waals surface area (Å²) in [6.45, 7) is 2.16. The van der Waals surface area contributed by atoms with Crippen molar-refractivity contribution < 1.29 is 9.59 Å². The second-order valence-electron chi connectivity index (χ2n) is 4.20. The van der Waals surface area contributed by atoms with Gasteiger partial charge in [-0.25, -0.2) is 0 Å². The van der Waals surface area contributed by atoms with E-state index in [0.717, 1.165) is 12.8 Å². The molecule has 3 nitrogen and oxygen atoms in total. The Morgan fingerprint density at radius 3 is 2.44 bits per heavy atom. The van der Waals surface area contributed by atoms with Crippen molar-refractivity contribution >= 4 is 29.0 Å². The highest BCUT2D eigenvalue weighted by molar-refractivity contribution is 6.29. The quantitative estimate of drug-likeness (QED) is 0.609. The maximum Gasteiger partial charge on any atom is 0.231 e. The zero-order valence-corrected chi connectivity index (χ0v) is 11.3. The third-order valence-corrected chi connectivity index (χ3v) is 2.86. The first-order chi connectivity index (χ1) is 8.65. The van der Waals surface area contributed by atoms with E-state index in [0.29, 0.717) is 5.69 Å². The van der Waals surface area contributed by atoms with E-state index >= 15 is 0 Å². The number of alkyl halides is 1. The molecule has 0 unspecified atom stereocenters. The van der Waals surface area contributed by atoms with Crippen LogP contribution in [0.3, 0.4) is 0 Å². The van der Waals surface area contributed by atoms with E-state index in [9.17, 15) is 9.59 Å². The number of ketones is 1. The minimum absolute atomic E-state index is 0.122. The SMILES string of the molecule is CCCCc1ccc(NC(=O)CC(=O)CCl)cc1. The minimum atomic E-state index is -0.318. The van der Waals surface area contributed by atoms with Gasteiger partial charge < -0.3 is 5.32 Å². The topological polar surface area (TPSA) is 46.2 Å². The Morgan fingerprint density at radius 2 is 1.89 bits per heavy atom. The summed E-state index contributed by atoms with van der Waals surface area (Å²) in [4.78, 5) is 22.4. The normalized spacial score (nSPS) is 10.1. The highest BCUT2D eigenvalue weighted by atomic mass is 35.5. The lowest BCUT2D eigenvalue weighted by molar-refractivity contribution is -0.124. The van der Waals surface area contributed by atoms with Gasteiger partial charge in [-0.3, -0.25) is 9.59 Å². The number of hydrogen-bond acceptors (Lipinski definition) is 2. The average molecular weight is 268 g/mol. The highest BCUT2D eigenvalue weighted by Gasteiger charge is 2.08. The van der Waals surface area contributed by atoms with Gasteiger partial charge in [0.2, 0.25) is 5.91 Å². The van der Waals surface area contributed by atoms with Crippen LogP contribution < -0.4 is 5.32 Å². The number of unbranched alkanes of at least 4 members (excludes halogenated alkanes) is 1. The largest absolute Gasteiger partial charge is 0.326 e. The molecule has 0 saturated carbocycles. The van der Waals surface area contributed by atoms with Gasteiger partial charge in [0.1, 0.15) is 0 Å². The van der Waals surface area contributed by atoms with Crippen LogP contribution in [0.4, 0.5) is 5.69 Å². The third-order valence-electron chi connectivity index (χ3n) is 2.56. The molecule has 0 fully saturated rings. The van der Waals surface area contributed by atoms with Crippen LogP contribution in [0.25, 0.3) is 0 Å². The van der Waals surface area contributed by atoms with Crippen LogP contribution in [-0.4, -0.2) is 17.6 Å². The van der Waals surface area contributed by atoms with Crippen LogP contribution in [0, 0.1) is 0 Å². The Balaban J connectivity index is 2.47. The molecule has 0 heterocycles. The molecule has 0 aliphatic heterocycles. The molecule has 0 radical (unpaired) electrons. The molecule has 0 bridgehead atoms. The molecule has 0 aliphatic rings. The van der Waals surface area contributed by atoms with E-state index in [4.69, 9.17) is 11.6 Å². The van der Waals surface area contributed by atoms with Gasteiger partial charge in [-0.05, 0) is 30.5 Å². The van der Waals surface area contributed by atoms with Crippen molar-refractivity contribution in [3.63, 3.8) is 0 Å². The zero-order valence-electron chi connectivity index (χ0n) is 10.5. The first kappa shape index (κ1) is 14.7. The molecule has 1 amide bonds. The fraction of sp³-hybridized carbons (Fsp3) is 0.429. The summed E-state index contributed by atoms with van der Waals surface area (Å²) < 4.78 is 0. The molecule has 18 heavy (non-hydrogen) atoms. The molecule has 0 saturated heterocycles. The van der Waals surface area contributed by atoms with Gasteiger partial charge in [-0.15, -0.1) is 11.6 Å². The van der Waals surface area contributed by atoms with Crippen LogP contribution in [0.1, 0.15) is 31.7 Å². The zero-order chi connectivity index (χ0) is 13.4. The standard InChI is InChI=1S/C14H18ClNO2/c1-2-3-4-11-5-7-12(8-6-11)16-14(18)9-13(17)10-15/h5-8H,2-4,9-10H2,1H3,(H,16,18). The minimum Gasteiger partial charge on any atom is -0.326 e. The van der Waals surface area contributed by atoms with E-state index in [2.05, 4.69) is 12.2 Å². The Labute approximate surface area is 113 Å². The predicted molar refractivity (Wildman–Crippen MR) is 74.0 cm³/mol. The Kier molecular flexibility index (Phi) is 6.44. The molecule has 98 valence electrons. The summed E-state index contributed by atoms with van der Waals surface area (Å²) >= 11 is 5.34. The average Bonchev–Trinajstić information content (AvgIpc) is 2.37. The monoisotopic (exact) mass is 267 g/mol. The summed E-state index contributed by atoms with van der Waals surface area (Å²) in [5, 5.41) is 2.67. The van der Waals surface area contributed by atoms with Gasteiger partial charge in [0.05, 0.1) is 12.3 Å². The smallest absolute Gasteiger partial charge is 0.231 e. The van der Waals surface area contributed by atoms with E-state index in [1.54, 1.807) is 0 Å². The number of amides is 1. The molecular formula is C14H18ClNO2. The number of hydrogen-bond donors (Lipinski definition) is 1. The van der Waals surface area contributed by atoms with Crippen molar-refractivity contribution in [2.24, 2.45) is 0 Å². The lowest BCUT2D eigenvalue weighted by Gasteiger charge is -2.05. The second kappa shape index (κ2) is 7.88. The van der Waals surface area contributed by atoms with Crippen molar-refractivity contribution in [3.8, 4) is 0 Å². The first-order valence-corrected chi connectivity index (χ1v) is 6.65. The van der Waals surface area contributed by atoms with E-state index in [1.165, 1.54) is 12.0 Å². The molecule has 1 N–H and O–H groups in total. The van der Waals surface area contributed by atoms with Crippen molar-refractivity contribution in [2.45, 2.75) is 32.6 Å². The van der Waals surface area contributed by atoms with Crippen molar-refractivity contribution in [2.75, 3.05) is 11.2 Å². The van der Waals surface area contributed by atoms with Crippen LogP contribution >= 0.6 is 11.6 Å². The third kappa shape index (κ3) is 5.32. The summed E-state index contributed by atoms with van der Waals surface area (Å²) in [7, 11) is 0. The van der Waals surface area contributed by atoms with Gasteiger partial charge in [0.15, 0.2) is 5.78 Å². The summed E-state index contributed by atoms with van der Waals surface area (Å²) in [5.74, 6) is -0.709. The fourth-order valence-electron chi connectivity index (χ4n) is 1.57. The molecule has 1 aromatic carbocycles. The van der Waals surface area contributed by atoms with Gasteiger partial charge in [-0.1, -0.05) is 25.5 Å². The van der Waals surface area contributed by atoms with Crippen LogP contribution in [0.15, 0.2) is 24.3 Å². The lowest BCUT2D eigenvalue weighted by Crippen LogP contribution is -2.17. The Hall–Kier alpha value is -1.35. The van der Waals surface area contributed by atoms with E-state index in [-0.39, 0.29) is 24.0 Å². The maximum absolute atomic E-state index is 11.4. The Bertz CT molecular complexity index is 401. The number of aryl methyl sites for hydroxylation is 1. The maximum atomic E-state index is 11.4. The molecule has 1 aromatic rings. The number of anilines is 1. The van der Waals surface area contributed by atoms with Gasteiger partial charge in [0.25, 0.3) is 0 Å². The Morgan fingerprint density at radius 1 is 1.22 bits per heavy atom. The number of halogens is 1. The molecule has 0 aliphatic carbocycles. The van der Waals surface area contributed by atoms with Crippen LogP contribution in [0.2, 0.25) is 0 Å². The number of nitrogens with one attached hydrogen (secondary N) is 1. The summed E-state index contributed by atoms with van der Waals surface area (Å²) in [6.07, 6.45) is 3.21. The fourth-order valence-corrected chi connectivity index (χ4v) is 1.66. The number of Topliss-reactive ketones (excluding diaryl/α,β-unsaturated/α-hetero) is 1.